The van der Waals surface area contributed by atoms with Gasteiger partial charge in [-0.05, 0) is 56.0 Å². The molecule has 0 radical (unpaired) electrons. The molecule has 5 nitrogen and oxygen atoms in total. The first kappa shape index (κ1) is 19.6. The van der Waals surface area contributed by atoms with Gasteiger partial charge >= 0.3 is 0 Å². The minimum Gasteiger partial charge on any atom is -0.497 e. The first-order valence-corrected chi connectivity index (χ1v) is 10.8. The summed E-state index contributed by atoms with van der Waals surface area (Å²) in [5.41, 5.74) is 1.01. The molecule has 0 bridgehead atoms. The number of ketones is 1. The van der Waals surface area contributed by atoms with Crippen molar-refractivity contribution in [2.45, 2.75) is 37.9 Å². The van der Waals surface area contributed by atoms with Crippen LogP contribution in [-0.4, -0.2) is 33.4 Å². The Hall–Kier alpha value is -2.12. The van der Waals surface area contributed by atoms with Gasteiger partial charge in [0.25, 0.3) is 0 Å². The van der Waals surface area contributed by atoms with E-state index < -0.39 is 0 Å². The highest BCUT2D eigenvalue weighted by molar-refractivity contribution is 7.99. The summed E-state index contributed by atoms with van der Waals surface area (Å²) in [6.07, 6.45) is 1.39. The summed E-state index contributed by atoms with van der Waals surface area (Å²) < 4.78 is 7.37. The van der Waals surface area contributed by atoms with E-state index in [1.807, 2.05) is 41.8 Å². The molecule has 0 saturated heterocycles. The van der Waals surface area contributed by atoms with E-state index in [4.69, 9.17) is 4.74 Å². The number of hydrogen-bond donors (Lipinski definition) is 0. The molecule has 0 atom stereocenters. The lowest BCUT2D eigenvalue weighted by Gasteiger charge is -2.14. The second-order valence-electron chi connectivity index (χ2n) is 6.35. The number of hydrogen-bond acceptors (Lipinski definition) is 6. The molecule has 0 unspecified atom stereocenters. The molecular formula is C20H23N3O2S2. The number of aromatic nitrogens is 3. The number of thiophene rings is 1. The van der Waals surface area contributed by atoms with Crippen molar-refractivity contribution in [3.05, 3.63) is 46.7 Å². The number of ether oxygens (including phenoxy) is 1. The second kappa shape index (κ2) is 9.19. The van der Waals surface area contributed by atoms with E-state index in [0.717, 1.165) is 39.3 Å². The van der Waals surface area contributed by atoms with Crippen LogP contribution in [0.15, 0.2) is 46.9 Å². The van der Waals surface area contributed by atoms with E-state index in [2.05, 4.69) is 28.6 Å². The first-order chi connectivity index (χ1) is 13.1. The minimum atomic E-state index is 0.217. The van der Waals surface area contributed by atoms with Crippen LogP contribution in [0.1, 0.15) is 42.4 Å². The van der Waals surface area contributed by atoms with Crippen LogP contribution in [0, 0.1) is 0 Å². The molecule has 0 N–H and O–H groups in total. The van der Waals surface area contributed by atoms with Crippen molar-refractivity contribution in [1.82, 2.24) is 14.8 Å². The summed E-state index contributed by atoms with van der Waals surface area (Å²) in [6.45, 7) is 4.25. The summed E-state index contributed by atoms with van der Waals surface area (Å²) in [4.78, 5) is 12.9. The van der Waals surface area contributed by atoms with Crippen molar-refractivity contribution in [3.63, 3.8) is 0 Å². The fraction of sp³-hybridized carbons (Fsp3) is 0.350. The van der Waals surface area contributed by atoms with Crippen molar-refractivity contribution in [2.24, 2.45) is 0 Å². The molecule has 7 heteroatoms. The Kier molecular flexibility index (Phi) is 6.68. The Balaban J connectivity index is 1.65. The molecule has 0 amide bonds. The Morgan fingerprint density at radius 3 is 2.63 bits per heavy atom. The van der Waals surface area contributed by atoms with E-state index >= 15 is 0 Å². The average molecular weight is 402 g/mol. The zero-order chi connectivity index (χ0) is 19.2. The molecule has 2 heterocycles. The molecule has 0 aliphatic rings. The first-order valence-electron chi connectivity index (χ1n) is 8.89. The van der Waals surface area contributed by atoms with Gasteiger partial charge in [0.05, 0.1) is 12.0 Å². The number of nitrogens with zero attached hydrogens (tertiary/aromatic N) is 3. The molecule has 3 rings (SSSR count). The Morgan fingerprint density at radius 1 is 1.22 bits per heavy atom. The van der Waals surface area contributed by atoms with E-state index in [0.29, 0.717) is 6.42 Å². The maximum Gasteiger partial charge on any atom is 0.191 e. The van der Waals surface area contributed by atoms with Gasteiger partial charge in [-0.25, -0.2) is 0 Å². The van der Waals surface area contributed by atoms with Gasteiger partial charge in [0, 0.05) is 23.8 Å². The highest BCUT2D eigenvalue weighted by atomic mass is 32.2. The number of methoxy groups -OCH3 is 1. The number of benzene rings is 1. The molecule has 1 aromatic carbocycles. The number of Topliss-reactive ketones (excluding diaryl/α,β-unsaturated/α-hetero) is 1. The van der Waals surface area contributed by atoms with Crippen LogP contribution < -0.4 is 4.74 Å². The number of rotatable bonds is 9. The average Bonchev–Trinajstić information content (AvgIpc) is 3.35. The molecule has 0 spiro atoms. The van der Waals surface area contributed by atoms with E-state index in [-0.39, 0.29) is 11.8 Å². The molecule has 0 fully saturated rings. The largest absolute Gasteiger partial charge is 0.497 e. The van der Waals surface area contributed by atoms with Gasteiger partial charge in [-0.15, -0.1) is 21.5 Å². The second-order valence-corrected chi connectivity index (χ2v) is 8.36. The maximum atomic E-state index is 12.1. The van der Waals surface area contributed by atoms with E-state index in [1.54, 1.807) is 18.9 Å². The Bertz CT molecular complexity index is 871. The van der Waals surface area contributed by atoms with E-state index in [9.17, 15) is 4.79 Å². The standard InChI is InChI=1S/C20H23N3O2S2/c1-14(2)23-19(15-8-10-16(25-3)11-9-15)21-22-20(23)27-13-4-6-17(24)18-7-5-12-26-18/h5,7-12,14H,4,6,13H2,1-3H3. The third kappa shape index (κ3) is 4.78. The van der Waals surface area contributed by atoms with Crippen LogP contribution in [0.5, 0.6) is 5.75 Å². The zero-order valence-corrected chi connectivity index (χ0v) is 17.3. The molecule has 3 aromatic rings. The lowest BCUT2D eigenvalue weighted by molar-refractivity contribution is 0.0986. The Labute approximate surface area is 167 Å². The quantitative estimate of drug-likeness (QED) is 0.275. The van der Waals surface area contributed by atoms with Gasteiger partial charge in [-0.1, -0.05) is 17.8 Å². The third-order valence-corrected chi connectivity index (χ3v) is 6.04. The van der Waals surface area contributed by atoms with Gasteiger partial charge in [0.2, 0.25) is 0 Å². The Morgan fingerprint density at radius 2 is 2.00 bits per heavy atom. The summed E-state index contributed by atoms with van der Waals surface area (Å²) in [5.74, 6) is 2.73. The van der Waals surface area contributed by atoms with Gasteiger partial charge < -0.3 is 4.74 Å². The third-order valence-electron chi connectivity index (χ3n) is 4.10. The number of carbonyl (C=O) groups excluding carboxylic acids is 1. The van der Waals surface area contributed by atoms with Crippen molar-refractivity contribution < 1.29 is 9.53 Å². The predicted molar refractivity (Wildman–Crippen MR) is 111 cm³/mol. The van der Waals surface area contributed by atoms with Gasteiger partial charge in [0.15, 0.2) is 16.8 Å². The van der Waals surface area contributed by atoms with Crippen LogP contribution >= 0.6 is 23.1 Å². The predicted octanol–water partition coefficient (Wildman–Crippen LogP) is 5.35. The van der Waals surface area contributed by atoms with Crippen LogP contribution in [0.3, 0.4) is 0 Å². The molecular weight excluding hydrogens is 378 g/mol. The highest BCUT2D eigenvalue weighted by Crippen LogP contribution is 2.29. The SMILES string of the molecule is COc1ccc(-c2nnc(SCCCC(=O)c3cccs3)n2C(C)C)cc1. The van der Waals surface area contributed by atoms with Gasteiger partial charge in [0.1, 0.15) is 5.75 Å². The van der Waals surface area contributed by atoms with Crippen molar-refractivity contribution in [3.8, 4) is 17.1 Å². The lowest BCUT2D eigenvalue weighted by atomic mass is 10.2. The zero-order valence-electron chi connectivity index (χ0n) is 15.7. The molecule has 2 aromatic heterocycles. The molecule has 0 aliphatic heterocycles. The summed E-state index contributed by atoms with van der Waals surface area (Å²) in [7, 11) is 1.66. The van der Waals surface area contributed by atoms with Crippen molar-refractivity contribution >= 4 is 28.9 Å². The molecule has 0 saturated carbocycles. The van der Waals surface area contributed by atoms with Crippen molar-refractivity contribution in [2.75, 3.05) is 12.9 Å². The monoisotopic (exact) mass is 401 g/mol. The number of thioether (sulfide) groups is 1. The molecule has 142 valence electrons. The highest BCUT2D eigenvalue weighted by Gasteiger charge is 2.17. The van der Waals surface area contributed by atoms with Crippen LogP contribution in [0.4, 0.5) is 0 Å². The summed E-state index contributed by atoms with van der Waals surface area (Å²) >= 11 is 3.16. The fourth-order valence-corrected chi connectivity index (χ4v) is 4.44. The molecule has 0 aliphatic carbocycles. The smallest absolute Gasteiger partial charge is 0.191 e. The van der Waals surface area contributed by atoms with Gasteiger partial charge in [-0.3, -0.25) is 9.36 Å². The fourth-order valence-electron chi connectivity index (χ4n) is 2.73. The molecule has 27 heavy (non-hydrogen) atoms. The topological polar surface area (TPSA) is 57.0 Å². The summed E-state index contributed by atoms with van der Waals surface area (Å²) in [5, 5.41) is 11.6. The van der Waals surface area contributed by atoms with E-state index in [1.165, 1.54) is 11.3 Å². The number of carbonyl (C=O) groups is 1. The minimum absolute atomic E-state index is 0.217. The normalized spacial score (nSPS) is 11.1. The summed E-state index contributed by atoms with van der Waals surface area (Å²) in [6, 6.07) is 11.9. The van der Waals surface area contributed by atoms with Crippen molar-refractivity contribution in [1.29, 1.82) is 0 Å². The van der Waals surface area contributed by atoms with Gasteiger partial charge in [-0.2, -0.15) is 0 Å². The maximum absolute atomic E-state index is 12.1. The van der Waals surface area contributed by atoms with Crippen LogP contribution in [0.2, 0.25) is 0 Å². The van der Waals surface area contributed by atoms with Crippen LogP contribution in [-0.2, 0) is 0 Å². The van der Waals surface area contributed by atoms with Crippen LogP contribution in [0.25, 0.3) is 11.4 Å². The lowest BCUT2D eigenvalue weighted by Crippen LogP contribution is -2.05.